The molecule has 34 heavy (non-hydrogen) atoms. The summed E-state index contributed by atoms with van der Waals surface area (Å²) in [6.07, 6.45) is 6.02. The molecule has 1 atom stereocenters. The molecule has 1 fully saturated rings. The summed E-state index contributed by atoms with van der Waals surface area (Å²) in [5.74, 6) is 1.16. The van der Waals surface area contributed by atoms with Crippen molar-refractivity contribution >= 4 is 5.91 Å². The summed E-state index contributed by atoms with van der Waals surface area (Å²) in [7, 11) is 1.94. The zero-order chi connectivity index (χ0) is 23.3. The minimum absolute atomic E-state index is 0.00676. The van der Waals surface area contributed by atoms with Gasteiger partial charge in [0.05, 0.1) is 6.04 Å². The van der Waals surface area contributed by atoms with Crippen LogP contribution >= 0.6 is 0 Å². The van der Waals surface area contributed by atoms with Gasteiger partial charge < -0.3 is 9.88 Å². The van der Waals surface area contributed by atoms with E-state index in [1.807, 2.05) is 78.3 Å². The fourth-order valence-electron chi connectivity index (χ4n) is 5.21. The second-order valence-electron chi connectivity index (χ2n) is 9.18. The topological polar surface area (TPSA) is 46.9 Å². The molecule has 4 heteroatoms. The summed E-state index contributed by atoms with van der Waals surface area (Å²) < 4.78 is 1.94. The molecule has 0 bridgehead atoms. The van der Waals surface area contributed by atoms with E-state index in [1.54, 1.807) is 0 Å². The average Bonchev–Trinajstić information content (AvgIpc) is 3.26. The molecule has 3 aromatic carbocycles. The van der Waals surface area contributed by atoms with E-state index in [9.17, 15) is 4.79 Å². The Morgan fingerprint density at radius 2 is 1.38 bits per heavy atom. The molecular formula is C30H31N3O. The smallest absolute Gasteiger partial charge is 0.270 e. The van der Waals surface area contributed by atoms with Crippen molar-refractivity contribution in [3.63, 3.8) is 0 Å². The van der Waals surface area contributed by atoms with Gasteiger partial charge in [0, 0.05) is 18.2 Å². The zero-order valence-electron chi connectivity index (χ0n) is 19.7. The van der Waals surface area contributed by atoms with Crippen LogP contribution in [-0.4, -0.2) is 15.5 Å². The Morgan fingerprint density at radius 3 is 2.00 bits per heavy atom. The predicted molar refractivity (Wildman–Crippen MR) is 137 cm³/mol. The molecule has 1 aliphatic rings. The first kappa shape index (κ1) is 22.1. The quantitative estimate of drug-likeness (QED) is 0.352. The van der Waals surface area contributed by atoms with Crippen LogP contribution in [0.15, 0.2) is 91.0 Å². The molecule has 1 aromatic heterocycles. The van der Waals surface area contributed by atoms with Crippen molar-refractivity contribution in [1.29, 1.82) is 0 Å². The van der Waals surface area contributed by atoms with E-state index in [4.69, 9.17) is 4.98 Å². The fourth-order valence-corrected chi connectivity index (χ4v) is 5.21. The SMILES string of the molecule is Cn1c(-c2ccccc2)nc(-c2ccccc2)c1C(=O)NC(c1ccccc1)C1CCCCC1. The second kappa shape index (κ2) is 10.1. The Bertz CT molecular complexity index is 1230. The van der Waals surface area contributed by atoms with E-state index in [-0.39, 0.29) is 11.9 Å². The average molecular weight is 450 g/mol. The molecule has 1 aliphatic carbocycles. The molecule has 1 saturated carbocycles. The molecule has 0 spiro atoms. The number of rotatable bonds is 6. The van der Waals surface area contributed by atoms with Gasteiger partial charge in [0.1, 0.15) is 17.2 Å². The van der Waals surface area contributed by atoms with E-state index in [0.717, 1.165) is 35.5 Å². The lowest BCUT2D eigenvalue weighted by Crippen LogP contribution is -2.35. The zero-order valence-corrected chi connectivity index (χ0v) is 19.7. The summed E-state index contributed by atoms with van der Waals surface area (Å²) >= 11 is 0. The fraction of sp³-hybridized carbons (Fsp3) is 0.267. The molecule has 172 valence electrons. The van der Waals surface area contributed by atoms with Gasteiger partial charge in [0.25, 0.3) is 5.91 Å². The minimum Gasteiger partial charge on any atom is -0.344 e. The third-order valence-electron chi connectivity index (χ3n) is 6.96. The number of hydrogen-bond donors (Lipinski definition) is 1. The van der Waals surface area contributed by atoms with Crippen LogP contribution in [0.5, 0.6) is 0 Å². The van der Waals surface area contributed by atoms with Crippen molar-refractivity contribution in [2.45, 2.75) is 38.1 Å². The Kier molecular flexibility index (Phi) is 6.57. The third-order valence-corrected chi connectivity index (χ3v) is 6.96. The first-order valence-corrected chi connectivity index (χ1v) is 12.3. The first-order valence-electron chi connectivity index (χ1n) is 12.3. The predicted octanol–water partition coefficient (Wildman–Crippen LogP) is 6.81. The summed E-state index contributed by atoms with van der Waals surface area (Å²) in [5, 5.41) is 3.44. The molecule has 5 rings (SSSR count). The molecule has 4 nitrogen and oxygen atoms in total. The van der Waals surface area contributed by atoms with E-state index < -0.39 is 0 Å². The van der Waals surface area contributed by atoms with Crippen molar-refractivity contribution < 1.29 is 4.79 Å². The highest BCUT2D eigenvalue weighted by Gasteiger charge is 2.30. The van der Waals surface area contributed by atoms with Gasteiger partial charge in [-0.05, 0) is 24.3 Å². The third kappa shape index (κ3) is 4.54. The van der Waals surface area contributed by atoms with Gasteiger partial charge in [-0.25, -0.2) is 4.98 Å². The maximum atomic E-state index is 14.0. The van der Waals surface area contributed by atoms with Crippen LogP contribution in [-0.2, 0) is 7.05 Å². The number of carbonyl (C=O) groups is 1. The van der Waals surface area contributed by atoms with Gasteiger partial charge >= 0.3 is 0 Å². The maximum absolute atomic E-state index is 14.0. The Balaban J connectivity index is 1.56. The Hall–Kier alpha value is -3.66. The monoisotopic (exact) mass is 449 g/mol. The van der Waals surface area contributed by atoms with E-state index >= 15 is 0 Å². The number of nitrogens with one attached hydrogen (secondary N) is 1. The highest BCUT2D eigenvalue weighted by Crippen LogP contribution is 2.35. The van der Waals surface area contributed by atoms with Gasteiger partial charge in [0.15, 0.2) is 0 Å². The standard InChI is InChI=1S/C30H31N3O/c1-33-28(27(24-18-10-4-11-19-24)31-29(33)25-20-12-5-13-21-25)30(34)32-26(22-14-6-2-7-15-22)23-16-8-3-9-17-23/h2,4-7,10-15,18-21,23,26H,3,8-9,16-17H2,1H3,(H,32,34). The summed E-state index contributed by atoms with van der Waals surface area (Å²) in [5.41, 5.74) is 4.43. The van der Waals surface area contributed by atoms with Crippen LogP contribution in [0.1, 0.15) is 54.2 Å². The van der Waals surface area contributed by atoms with Crippen LogP contribution < -0.4 is 5.32 Å². The number of carbonyl (C=O) groups excluding carboxylic acids is 1. The summed E-state index contributed by atoms with van der Waals surface area (Å²) in [4.78, 5) is 18.9. The minimum atomic E-state index is -0.0736. The highest BCUT2D eigenvalue weighted by molar-refractivity contribution is 5.99. The van der Waals surface area contributed by atoms with Gasteiger partial charge in [-0.3, -0.25) is 4.79 Å². The summed E-state index contributed by atoms with van der Waals surface area (Å²) in [6.45, 7) is 0. The molecule has 1 amide bonds. The molecule has 1 N–H and O–H groups in total. The Morgan fingerprint density at radius 1 is 0.824 bits per heavy atom. The lowest BCUT2D eigenvalue weighted by atomic mass is 9.81. The number of benzene rings is 3. The van der Waals surface area contributed by atoms with Crippen molar-refractivity contribution in [2.75, 3.05) is 0 Å². The van der Waals surface area contributed by atoms with Gasteiger partial charge in [-0.1, -0.05) is 110 Å². The largest absolute Gasteiger partial charge is 0.344 e. The normalized spacial score (nSPS) is 15.1. The second-order valence-corrected chi connectivity index (χ2v) is 9.18. The number of aromatic nitrogens is 2. The van der Waals surface area contributed by atoms with Crippen LogP contribution in [0.4, 0.5) is 0 Å². The highest BCUT2D eigenvalue weighted by atomic mass is 16.2. The number of imidazole rings is 1. The maximum Gasteiger partial charge on any atom is 0.270 e. The van der Waals surface area contributed by atoms with Crippen molar-refractivity contribution in [2.24, 2.45) is 13.0 Å². The van der Waals surface area contributed by atoms with Crippen molar-refractivity contribution in [3.8, 4) is 22.6 Å². The molecule has 4 aromatic rings. The molecule has 1 heterocycles. The van der Waals surface area contributed by atoms with Gasteiger partial charge in [-0.2, -0.15) is 0 Å². The van der Waals surface area contributed by atoms with Gasteiger partial charge in [-0.15, -0.1) is 0 Å². The number of amides is 1. The molecule has 0 radical (unpaired) electrons. The van der Waals surface area contributed by atoms with E-state index in [1.165, 1.54) is 24.8 Å². The number of nitrogens with zero attached hydrogens (tertiary/aromatic N) is 2. The lowest BCUT2D eigenvalue weighted by molar-refractivity contribution is 0.0905. The van der Waals surface area contributed by atoms with Crippen molar-refractivity contribution in [3.05, 3.63) is 102 Å². The molecular weight excluding hydrogens is 418 g/mol. The molecule has 1 unspecified atom stereocenters. The first-order chi connectivity index (χ1) is 16.7. The van der Waals surface area contributed by atoms with Crippen molar-refractivity contribution in [1.82, 2.24) is 14.9 Å². The van der Waals surface area contributed by atoms with Crippen LogP contribution in [0.25, 0.3) is 22.6 Å². The van der Waals surface area contributed by atoms with E-state index in [2.05, 4.69) is 29.6 Å². The summed E-state index contributed by atoms with van der Waals surface area (Å²) in [6, 6.07) is 30.5. The lowest BCUT2D eigenvalue weighted by Gasteiger charge is -2.31. The van der Waals surface area contributed by atoms with Crippen LogP contribution in [0.3, 0.4) is 0 Å². The van der Waals surface area contributed by atoms with Crippen LogP contribution in [0.2, 0.25) is 0 Å². The molecule has 0 saturated heterocycles. The molecule has 0 aliphatic heterocycles. The van der Waals surface area contributed by atoms with Crippen LogP contribution in [0, 0.1) is 5.92 Å². The van der Waals surface area contributed by atoms with Gasteiger partial charge in [0.2, 0.25) is 0 Å². The Labute approximate surface area is 201 Å². The van der Waals surface area contributed by atoms with E-state index in [0.29, 0.717) is 11.6 Å². The number of hydrogen-bond acceptors (Lipinski definition) is 2.